The minimum absolute atomic E-state index is 0.173. The molecule has 5 heteroatoms. The van der Waals surface area contributed by atoms with E-state index in [1.165, 1.54) is 11.3 Å². The maximum atomic E-state index is 12.2. The Morgan fingerprint density at radius 2 is 1.87 bits per heavy atom. The summed E-state index contributed by atoms with van der Waals surface area (Å²) in [7, 11) is 0. The molecule has 0 aliphatic heterocycles. The fraction of sp³-hybridized carbons (Fsp3) is 0.389. The fourth-order valence-electron chi connectivity index (χ4n) is 2.44. The fourth-order valence-corrected chi connectivity index (χ4v) is 3.23. The highest BCUT2D eigenvalue weighted by atomic mass is 32.1. The van der Waals surface area contributed by atoms with Crippen LogP contribution in [0, 0.1) is 0 Å². The van der Waals surface area contributed by atoms with E-state index in [9.17, 15) is 9.90 Å². The van der Waals surface area contributed by atoms with Gasteiger partial charge in [0.05, 0.1) is 6.54 Å². The van der Waals surface area contributed by atoms with Gasteiger partial charge in [-0.2, -0.15) is 0 Å². The zero-order valence-corrected chi connectivity index (χ0v) is 14.7. The number of carbonyl (C=O) groups is 1. The van der Waals surface area contributed by atoms with Crippen LogP contribution in [0.3, 0.4) is 0 Å². The van der Waals surface area contributed by atoms with Crippen LogP contribution in [-0.4, -0.2) is 30.6 Å². The maximum Gasteiger partial charge on any atom is 0.251 e. The Labute approximate surface area is 141 Å². The lowest BCUT2D eigenvalue weighted by Crippen LogP contribution is -2.38. The quantitative estimate of drug-likeness (QED) is 0.818. The summed E-state index contributed by atoms with van der Waals surface area (Å²) in [4.78, 5) is 15.3. The highest BCUT2D eigenvalue weighted by Crippen LogP contribution is 2.24. The van der Waals surface area contributed by atoms with Crippen LogP contribution in [-0.2, 0) is 5.60 Å². The van der Waals surface area contributed by atoms with Crippen LogP contribution < -0.4 is 10.2 Å². The molecule has 1 aromatic heterocycles. The van der Waals surface area contributed by atoms with E-state index in [0.717, 1.165) is 23.7 Å². The summed E-state index contributed by atoms with van der Waals surface area (Å²) in [6.45, 7) is 7.98. The third-order valence-electron chi connectivity index (χ3n) is 3.90. The first-order valence-corrected chi connectivity index (χ1v) is 8.75. The van der Waals surface area contributed by atoms with Crippen LogP contribution in [0.4, 0.5) is 5.69 Å². The summed E-state index contributed by atoms with van der Waals surface area (Å²) in [5.74, 6) is -0.173. The van der Waals surface area contributed by atoms with Gasteiger partial charge in [0.2, 0.25) is 0 Å². The number of nitrogens with one attached hydrogen (secondary N) is 1. The third kappa shape index (κ3) is 4.33. The first-order valence-electron chi connectivity index (χ1n) is 7.87. The Morgan fingerprint density at radius 1 is 1.22 bits per heavy atom. The summed E-state index contributed by atoms with van der Waals surface area (Å²) in [5.41, 5.74) is 0.658. The number of aliphatic hydroxyl groups is 1. The van der Waals surface area contributed by atoms with Crippen LogP contribution in [0.2, 0.25) is 0 Å². The van der Waals surface area contributed by atoms with Gasteiger partial charge in [0, 0.05) is 29.2 Å². The number of amides is 1. The number of hydrogen-bond acceptors (Lipinski definition) is 4. The summed E-state index contributed by atoms with van der Waals surface area (Å²) in [6.07, 6.45) is 0. The van der Waals surface area contributed by atoms with Gasteiger partial charge in [-0.1, -0.05) is 6.07 Å². The second-order valence-electron chi connectivity index (χ2n) is 5.65. The number of hydrogen-bond donors (Lipinski definition) is 2. The van der Waals surface area contributed by atoms with Crippen molar-refractivity contribution in [2.45, 2.75) is 26.4 Å². The van der Waals surface area contributed by atoms with Crippen molar-refractivity contribution in [1.82, 2.24) is 5.32 Å². The Kier molecular flexibility index (Phi) is 5.80. The van der Waals surface area contributed by atoms with E-state index in [1.807, 2.05) is 41.8 Å². The van der Waals surface area contributed by atoms with E-state index in [4.69, 9.17) is 0 Å². The van der Waals surface area contributed by atoms with Crippen molar-refractivity contribution in [1.29, 1.82) is 0 Å². The van der Waals surface area contributed by atoms with Crippen molar-refractivity contribution in [2.75, 3.05) is 24.5 Å². The molecule has 2 N–H and O–H groups in total. The van der Waals surface area contributed by atoms with Gasteiger partial charge in [-0.3, -0.25) is 4.79 Å². The van der Waals surface area contributed by atoms with Crippen molar-refractivity contribution in [3.05, 3.63) is 52.2 Å². The third-order valence-corrected chi connectivity index (χ3v) is 5.03. The highest BCUT2D eigenvalue weighted by Gasteiger charge is 2.25. The average molecular weight is 332 g/mol. The van der Waals surface area contributed by atoms with Crippen molar-refractivity contribution in [3.8, 4) is 0 Å². The minimum Gasteiger partial charge on any atom is -0.383 e. The van der Waals surface area contributed by atoms with Crippen LogP contribution in [0.1, 0.15) is 36.0 Å². The molecule has 0 spiro atoms. The smallest absolute Gasteiger partial charge is 0.251 e. The molecule has 1 unspecified atom stereocenters. The van der Waals surface area contributed by atoms with Crippen LogP contribution >= 0.6 is 11.3 Å². The lowest BCUT2D eigenvalue weighted by molar-refractivity contribution is 0.0557. The van der Waals surface area contributed by atoms with Crippen molar-refractivity contribution in [3.63, 3.8) is 0 Å². The second kappa shape index (κ2) is 7.62. The molecule has 1 atom stereocenters. The first-order chi connectivity index (χ1) is 11.0. The van der Waals surface area contributed by atoms with E-state index in [-0.39, 0.29) is 12.5 Å². The lowest BCUT2D eigenvalue weighted by Gasteiger charge is -2.23. The molecular weight excluding hydrogens is 308 g/mol. The van der Waals surface area contributed by atoms with E-state index >= 15 is 0 Å². The Hall–Kier alpha value is -1.85. The lowest BCUT2D eigenvalue weighted by atomic mass is 10.0. The van der Waals surface area contributed by atoms with Crippen molar-refractivity contribution >= 4 is 22.9 Å². The minimum atomic E-state index is -1.05. The zero-order chi connectivity index (χ0) is 16.9. The molecule has 0 saturated heterocycles. The SMILES string of the molecule is CCN(CC)c1ccc(C(=O)NCC(C)(O)c2cccs2)cc1. The van der Waals surface area contributed by atoms with Gasteiger partial charge in [-0.15, -0.1) is 11.3 Å². The van der Waals surface area contributed by atoms with Gasteiger partial charge in [0.15, 0.2) is 0 Å². The normalized spacial score (nSPS) is 13.4. The highest BCUT2D eigenvalue weighted by molar-refractivity contribution is 7.10. The number of nitrogens with zero attached hydrogens (tertiary/aromatic N) is 1. The number of thiophene rings is 1. The molecule has 2 rings (SSSR count). The topological polar surface area (TPSA) is 52.6 Å². The van der Waals surface area contributed by atoms with Crippen molar-refractivity contribution < 1.29 is 9.90 Å². The predicted molar refractivity (Wildman–Crippen MR) is 96.2 cm³/mol. The molecule has 1 amide bonds. The molecule has 2 aromatic rings. The predicted octanol–water partition coefficient (Wildman–Crippen LogP) is 3.23. The second-order valence-corrected chi connectivity index (χ2v) is 6.60. The van der Waals surface area contributed by atoms with Gasteiger partial charge in [0.1, 0.15) is 5.60 Å². The molecule has 23 heavy (non-hydrogen) atoms. The van der Waals surface area contributed by atoms with E-state index in [1.54, 1.807) is 6.92 Å². The summed E-state index contributed by atoms with van der Waals surface area (Å²) < 4.78 is 0. The summed E-state index contributed by atoms with van der Waals surface area (Å²) in [6, 6.07) is 11.3. The van der Waals surface area contributed by atoms with Crippen LogP contribution in [0.15, 0.2) is 41.8 Å². The molecule has 0 radical (unpaired) electrons. The average Bonchev–Trinajstić information content (AvgIpc) is 3.10. The molecular formula is C18H24N2O2S. The standard InChI is InChI=1S/C18H24N2O2S/c1-4-20(5-2)15-10-8-14(9-11-15)17(21)19-13-18(3,22)16-7-6-12-23-16/h6-12,22H,4-5,13H2,1-3H3,(H,19,21). The Morgan fingerprint density at radius 3 is 2.39 bits per heavy atom. The molecule has 0 saturated carbocycles. The van der Waals surface area contributed by atoms with E-state index < -0.39 is 5.60 Å². The Balaban J connectivity index is 1.98. The molecule has 0 bridgehead atoms. The van der Waals surface area contributed by atoms with E-state index in [0.29, 0.717) is 5.56 Å². The van der Waals surface area contributed by atoms with Gasteiger partial charge in [-0.25, -0.2) is 0 Å². The Bertz CT molecular complexity index is 617. The molecule has 4 nitrogen and oxygen atoms in total. The molecule has 1 heterocycles. The maximum absolute atomic E-state index is 12.2. The number of rotatable bonds is 7. The molecule has 124 valence electrons. The summed E-state index contributed by atoms with van der Waals surface area (Å²) >= 11 is 1.48. The zero-order valence-electron chi connectivity index (χ0n) is 13.9. The monoisotopic (exact) mass is 332 g/mol. The molecule has 1 aromatic carbocycles. The molecule has 0 fully saturated rings. The summed E-state index contributed by atoms with van der Waals surface area (Å²) in [5, 5.41) is 15.2. The molecule has 0 aliphatic carbocycles. The van der Waals surface area contributed by atoms with Gasteiger partial charge < -0.3 is 15.3 Å². The largest absolute Gasteiger partial charge is 0.383 e. The van der Waals surface area contributed by atoms with Crippen LogP contribution in [0.25, 0.3) is 0 Å². The van der Waals surface area contributed by atoms with Gasteiger partial charge in [0.25, 0.3) is 5.91 Å². The first kappa shape index (κ1) is 17.5. The number of carbonyl (C=O) groups excluding carboxylic acids is 1. The van der Waals surface area contributed by atoms with Crippen LogP contribution in [0.5, 0.6) is 0 Å². The molecule has 0 aliphatic rings. The van der Waals surface area contributed by atoms with Gasteiger partial charge >= 0.3 is 0 Å². The van der Waals surface area contributed by atoms with Crippen molar-refractivity contribution in [2.24, 2.45) is 0 Å². The van der Waals surface area contributed by atoms with Gasteiger partial charge in [-0.05, 0) is 56.5 Å². The number of anilines is 1. The number of benzene rings is 1. The van der Waals surface area contributed by atoms with E-state index in [2.05, 4.69) is 24.1 Å².